The van der Waals surface area contributed by atoms with E-state index in [0.717, 1.165) is 58.2 Å². The van der Waals surface area contributed by atoms with Crippen LogP contribution in [0.5, 0.6) is 0 Å². The standard InChI is InChI=1S/C15H26N2O/c1-13(2)11-17-9-7-15(18,8-10-17)14(12-16)5-3-4-6-14/h13,18H,3-11H2,1-2H3. The van der Waals surface area contributed by atoms with Crippen LogP contribution in [0.2, 0.25) is 0 Å². The van der Waals surface area contributed by atoms with Crippen LogP contribution in [-0.4, -0.2) is 35.2 Å². The molecule has 0 aromatic heterocycles. The molecule has 3 heteroatoms. The lowest BCUT2D eigenvalue weighted by molar-refractivity contribution is -0.0958. The number of nitriles is 1. The molecule has 3 nitrogen and oxygen atoms in total. The van der Waals surface area contributed by atoms with Crippen LogP contribution in [0.4, 0.5) is 0 Å². The summed E-state index contributed by atoms with van der Waals surface area (Å²) in [6.07, 6.45) is 5.53. The molecule has 0 amide bonds. The van der Waals surface area contributed by atoms with Gasteiger partial charge in [0.15, 0.2) is 0 Å². The van der Waals surface area contributed by atoms with Gasteiger partial charge in [-0.3, -0.25) is 0 Å². The van der Waals surface area contributed by atoms with Crippen molar-refractivity contribution in [3.8, 4) is 6.07 Å². The number of hydrogen-bond donors (Lipinski definition) is 1. The quantitative estimate of drug-likeness (QED) is 0.837. The molecule has 18 heavy (non-hydrogen) atoms. The van der Waals surface area contributed by atoms with Crippen LogP contribution < -0.4 is 0 Å². The zero-order chi connectivity index (χ0) is 13.2. The number of hydrogen-bond acceptors (Lipinski definition) is 3. The Morgan fingerprint density at radius 2 is 1.72 bits per heavy atom. The van der Waals surface area contributed by atoms with Crippen molar-refractivity contribution in [3.63, 3.8) is 0 Å². The summed E-state index contributed by atoms with van der Waals surface area (Å²) in [6.45, 7) is 7.45. The van der Waals surface area contributed by atoms with Gasteiger partial charge in [0.2, 0.25) is 0 Å². The summed E-state index contributed by atoms with van der Waals surface area (Å²) in [5.74, 6) is 0.674. The number of piperidine rings is 1. The molecule has 0 unspecified atom stereocenters. The second-order valence-corrected chi connectivity index (χ2v) is 6.63. The fourth-order valence-electron chi connectivity index (χ4n) is 3.76. The number of aliphatic hydroxyl groups is 1. The van der Waals surface area contributed by atoms with Crippen LogP contribution in [0.1, 0.15) is 52.4 Å². The minimum Gasteiger partial charge on any atom is -0.388 e. The molecular formula is C15H26N2O. The topological polar surface area (TPSA) is 47.3 Å². The minimum absolute atomic E-state index is 0.447. The van der Waals surface area contributed by atoms with E-state index >= 15 is 0 Å². The van der Waals surface area contributed by atoms with E-state index in [0.29, 0.717) is 5.92 Å². The van der Waals surface area contributed by atoms with Crippen LogP contribution in [0, 0.1) is 22.7 Å². The van der Waals surface area contributed by atoms with E-state index in [1.807, 2.05) is 0 Å². The van der Waals surface area contributed by atoms with Crippen LogP contribution in [0.25, 0.3) is 0 Å². The van der Waals surface area contributed by atoms with E-state index in [9.17, 15) is 10.4 Å². The third kappa shape index (κ3) is 2.41. The van der Waals surface area contributed by atoms with Gasteiger partial charge in [0.25, 0.3) is 0 Å². The highest BCUT2D eigenvalue weighted by atomic mass is 16.3. The molecule has 0 bridgehead atoms. The zero-order valence-electron chi connectivity index (χ0n) is 11.8. The highest BCUT2D eigenvalue weighted by molar-refractivity contribution is 5.14. The molecule has 1 aliphatic heterocycles. The third-order valence-electron chi connectivity index (χ3n) is 4.87. The van der Waals surface area contributed by atoms with Crippen LogP contribution in [0.3, 0.4) is 0 Å². The molecule has 0 radical (unpaired) electrons. The lowest BCUT2D eigenvalue weighted by Gasteiger charge is -2.46. The summed E-state index contributed by atoms with van der Waals surface area (Å²) in [5, 5.41) is 20.4. The first-order valence-corrected chi connectivity index (χ1v) is 7.37. The van der Waals surface area contributed by atoms with Crippen LogP contribution >= 0.6 is 0 Å². The zero-order valence-corrected chi connectivity index (χ0v) is 11.8. The Bertz CT molecular complexity index is 318. The summed E-state index contributed by atoms with van der Waals surface area (Å²) in [4.78, 5) is 2.43. The normalized spacial score (nSPS) is 27.3. The molecule has 102 valence electrons. The monoisotopic (exact) mass is 250 g/mol. The van der Waals surface area contributed by atoms with Crippen LogP contribution in [-0.2, 0) is 0 Å². The molecule has 1 aliphatic carbocycles. The number of likely N-dealkylation sites (tertiary alicyclic amines) is 1. The lowest BCUT2D eigenvalue weighted by atomic mass is 9.67. The highest BCUT2D eigenvalue weighted by Crippen LogP contribution is 2.50. The molecule has 2 aliphatic rings. The van der Waals surface area contributed by atoms with Crippen molar-refractivity contribution in [2.45, 2.75) is 58.0 Å². The van der Waals surface area contributed by atoms with Crippen molar-refractivity contribution in [1.82, 2.24) is 4.90 Å². The maximum Gasteiger partial charge on any atom is 0.0861 e. The van der Waals surface area contributed by atoms with Gasteiger partial charge < -0.3 is 10.0 Å². The van der Waals surface area contributed by atoms with E-state index in [-0.39, 0.29) is 0 Å². The maximum absolute atomic E-state index is 10.9. The number of rotatable bonds is 3. The van der Waals surface area contributed by atoms with Crippen LogP contribution in [0.15, 0.2) is 0 Å². The fourth-order valence-corrected chi connectivity index (χ4v) is 3.76. The molecule has 1 heterocycles. The highest BCUT2D eigenvalue weighted by Gasteiger charge is 2.53. The molecule has 1 saturated heterocycles. The predicted octanol–water partition coefficient (Wildman–Crippen LogP) is 2.55. The molecular weight excluding hydrogens is 224 g/mol. The maximum atomic E-state index is 10.9. The Balaban J connectivity index is 2.00. The van der Waals surface area contributed by atoms with Gasteiger partial charge in [-0.2, -0.15) is 5.26 Å². The van der Waals surface area contributed by atoms with Gasteiger partial charge in [-0.05, 0) is 31.6 Å². The van der Waals surface area contributed by atoms with Crippen molar-refractivity contribution in [2.75, 3.05) is 19.6 Å². The molecule has 2 fully saturated rings. The SMILES string of the molecule is CC(C)CN1CCC(O)(C2(C#N)CCCC2)CC1. The van der Waals surface area contributed by atoms with Crippen molar-refractivity contribution in [2.24, 2.45) is 11.3 Å². The average molecular weight is 250 g/mol. The Morgan fingerprint density at radius 1 is 1.17 bits per heavy atom. The van der Waals surface area contributed by atoms with E-state index < -0.39 is 11.0 Å². The van der Waals surface area contributed by atoms with E-state index in [2.05, 4.69) is 24.8 Å². The van der Waals surface area contributed by atoms with Crippen molar-refractivity contribution in [3.05, 3.63) is 0 Å². The molecule has 1 N–H and O–H groups in total. The first kappa shape index (κ1) is 13.8. The molecule has 0 aromatic carbocycles. The third-order valence-corrected chi connectivity index (χ3v) is 4.87. The average Bonchev–Trinajstić information content (AvgIpc) is 2.82. The van der Waals surface area contributed by atoms with Gasteiger partial charge in [-0.1, -0.05) is 26.7 Å². The van der Waals surface area contributed by atoms with Gasteiger partial charge in [-0.25, -0.2) is 0 Å². The van der Waals surface area contributed by atoms with Gasteiger partial charge in [-0.15, -0.1) is 0 Å². The molecule has 0 aromatic rings. The van der Waals surface area contributed by atoms with Crippen molar-refractivity contribution in [1.29, 1.82) is 5.26 Å². The number of nitrogens with zero attached hydrogens (tertiary/aromatic N) is 2. The van der Waals surface area contributed by atoms with E-state index in [1.54, 1.807) is 0 Å². The Morgan fingerprint density at radius 3 is 2.17 bits per heavy atom. The largest absolute Gasteiger partial charge is 0.388 e. The van der Waals surface area contributed by atoms with Gasteiger partial charge >= 0.3 is 0 Å². The molecule has 0 spiro atoms. The summed E-state index contributed by atoms with van der Waals surface area (Å²) >= 11 is 0. The Hall–Kier alpha value is -0.590. The van der Waals surface area contributed by atoms with Crippen molar-refractivity contribution < 1.29 is 5.11 Å². The fraction of sp³-hybridized carbons (Fsp3) is 0.933. The summed E-state index contributed by atoms with van der Waals surface area (Å²) < 4.78 is 0. The molecule has 0 atom stereocenters. The smallest absolute Gasteiger partial charge is 0.0861 e. The minimum atomic E-state index is -0.730. The van der Waals surface area contributed by atoms with E-state index in [4.69, 9.17) is 0 Å². The first-order valence-electron chi connectivity index (χ1n) is 7.37. The summed E-state index contributed by atoms with van der Waals surface area (Å²) in [5.41, 5.74) is -1.18. The van der Waals surface area contributed by atoms with E-state index in [1.165, 1.54) is 0 Å². The second kappa shape index (κ2) is 5.19. The lowest BCUT2D eigenvalue weighted by Crippen LogP contribution is -2.54. The summed E-state index contributed by atoms with van der Waals surface area (Å²) in [6, 6.07) is 2.47. The molecule has 2 rings (SSSR count). The van der Waals surface area contributed by atoms with Crippen molar-refractivity contribution >= 4 is 0 Å². The van der Waals surface area contributed by atoms with Gasteiger partial charge in [0.05, 0.1) is 17.1 Å². The Kier molecular flexibility index (Phi) is 3.99. The molecule has 1 saturated carbocycles. The Labute approximate surface area is 111 Å². The summed E-state index contributed by atoms with van der Waals surface area (Å²) in [7, 11) is 0. The van der Waals surface area contributed by atoms with Gasteiger partial charge in [0.1, 0.15) is 0 Å². The first-order chi connectivity index (χ1) is 8.51. The second-order valence-electron chi connectivity index (χ2n) is 6.63. The predicted molar refractivity (Wildman–Crippen MR) is 72.0 cm³/mol. The van der Waals surface area contributed by atoms with Gasteiger partial charge in [0, 0.05) is 19.6 Å².